The van der Waals surface area contributed by atoms with Crippen molar-refractivity contribution in [3.63, 3.8) is 0 Å². The van der Waals surface area contributed by atoms with E-state index in [9.17, 15) is 0 Å². The van der Waals surface area contributed by atoms with E-state index in [1.54, 1.807) is 6.33 Å². The number of nitrogens with one attached hydrogen (secondary N) is 1. The van der Waals surface area contributed by atoms with E-state index in [4.69, 9.17) is 0 Å². The Labute approximate surface area is 108 Å². The predicted molar refractivity (Wildman–Crippen MR) is 71.2 cm³/mol. The summed E-state index contributed by atoms with van der Waals surface area (Å²) < 4.78 is 4.10. The quantitative estimate of drug-likeness (QED) is 0.845. The molecule has 5 heteroatoms. The van der Waals surface area contributed by atoms with E-state index < -0.39 is 0 Å². The van der Waals surface area contributed by atoms with Gasteiger partial charge in [-0.25, -0.2) is 0 Å². The minimum Gasteiger partial charge on any atom is -0.346 e. The molecule has 0 bridgehead atoms. The SMILES string of the molecule is CCNC(CC)c1ccn(Cc2nncn2C)c1. The van der Waals surface area contributed by atoms with E-state index in [1.807, 2.05) is 11.6 Å². The smallest absolute Gasteiger partial charge is 0.152 e. The van der Waals surface area contributed by atoms with Crippen LogP contribution in [0.4, 0.5) is 0 Å². The molecule has 1 atom stereocenters. The van der Waals surface area contributed by atoms with Gasteiger partial charge in [0.1, 0.15) is 6.33 Å². The zero-order valence-electron chi connectivity index (χ0n) is 11.3. The second-order valence-corrected chi connectivity index (χ2v) is 4.49. The summed E-state index contributed by atoms with van der Waals surface area (Å²) in [6.07, 6.45) is 7.12. The van der Waals surface area contributed by atoms with Crippen molar-refractivity contribution in [1.82, 2.24) is 24.6 Å². The molecular formula is C13H21N5. The van der Waals surface area contributed by atoms with Gasteiger partial charge in [0.05, 0.1) is 6.54 Å². The highest BCUT2D eigenvalue weighted by Gasteiger charge is 2.09. The Kier molecular flexibility index (Phi) is 4.15. The molecular weight excluding hydrogens is 226 g/mol. The zero-order valence-corrected chi connectivity index (χ0v) is 11.3. The molecule has 0 aliphatic heterocycles. The van der Waals surface area contributed by atoms with Gasteiger partial charge in [0, 0.05) is 25.5 Å². The standard InChI is InChI=1S/C13H21N5/c1-4-12(14-5-2)11-6-7-18(8-11)9-13-16-15-10-17(13)3/h6-8,10,12,14H,4-5,9H2,1-3H3. The van der Waals surface area contributed by atoms with Crippen molar-refractivity contribution in [2.45, 2.75) is 32.9 Å². The molecule has 0 aromatic carbocycles. The molecule has 18 heavy (non-hydrogen) atoms. The first kappa shape index (κ1) is 12.8. The van der Waals surface area contributed by atoms with Crippen molar-refractivity contribution in [3.8, 4) is 0 Å². The Bertz CT molecular complexity index is 485. The lowest BCUT2D eigenvalue weighted by Gasteiger charge is -2.13. The summed E-state index contributed by atoms with van der Waals surface area (Å²) in [6.45, 7) is 6.10. The topological polar surface area (TPSA) is 47.7 Å². The van der Waals surface area contributed by atoms with Gasteiger partial charge in [-0.1, -0.05) is 13.8 Å². The summed E-state index contributed by atoms with van der Waals surface area (Å²) in [7, 11) is 1.97. The fourth-order valence-electron chi connectivity index (χ4n) is 2.12. The molecule has 0 spiro atoms. The van der Waals surface area contributed by atoms with E-state index in [0.29, 0.717) is 6.04 Å². The van der Waals surface area contributed by atoms with Crippen LogP contribution in [-0.4, -0.2) is 25.9 Å². The number of aryl methyl sites for hydroxylation is 1. The zero-order chi connectivity index (χ0) is 13.0. The third kappa shape index (κ3) is 2.79. The van der Waals surface area contributed by atoms with E-state index in [0.717, 1.165) is 25.3 Å². The summed E-state index contributed by atoms with van der Waals surface area (Å²) in [5.41, 5.74) is 1.33. The first-order valence-electron chi connectivity index (χ1n) is 6.46. The van der Waals surface area contributed by atoms with Crippen molar-refractivity contribution < 1.29 is 0 Å². The first-order valence-corrected chi connectivity index (χ1v) is 6.46. The van der Waals surface area contributed by atoms with Gasteiger partial charge in [-0.2, -0.15) is 0 Å². The fraction of sp³-hybridized carbons (Fsp3) is 0.538. The third-order valence-electron chi connectivity index (χ3n) is 3.16. The van der Waals surface area contributed by atoms with Crippen molar-refractivity contribution >= 4 is 0 Å². The van der Waals surface area contributed by atoms with Crippen LogP contribution in [0.25, 0.3) is 0 Å². The lowest BCUT2D eigenvalue weighted by Crippen LogP contribution is -2.19. The van der Waals surface area contributed by atoms with Gasteiger partial charge >= 0.3 is 0 Å². The average Bonchev–Trinajstić information content (AvgIpc) is 2.97. The Morgan fingerprint density at radius 3 is 2.83 bits per heavy atom. The maximum atomic E-state index is 4.10. The van der Waals surface area contributed by atoms with Crippen LogP contribution in [0.3, 0.4) is 0 Å². The molecule has 2 aromatic rings. The highest BCUT2D eigenvalue weighted by atomic mass is 15.3. The van der Waals surface area contributed by atoms with Crippen molar-refractivity contribution in [3.05, 3.63) is 36.2 Å². The van der Waals surface area contributed by atoms with Crippen LogP contribution in [0.2, 0.25) is 0 Å². The molecule has 0 aliphatic carbocycles. The van der Waals surface area contributed by atoms with Crippen LogP contribution in [-0.2, 0) is 13.6 Å². The van der Waals surface area contributed by atoms with E-state index in [2.05, 4.69) is 52.4 Å². The van der Waals surface area contributed by atoms with Gasteiger partial charge in [-0.15, -0.1) is 10.2 Å². The summed E-state index contributed by atoms with van der Waals surface area (Å²) in [5, 5.41) is 11.5. The number of rotatable bonds is 6. The summed E-state index contributed by atoms with van der Waals surface area (Å²) in [5.74, 6) is 0.966. The number of aromatic nitrogens is 4. The highest BCUT2D eigenvalue weighted by molar-refractivity contribution is 5.16. The molecule has 0 radical (unpaired) electrons. The van der Waals surface area contributed by atoms with Crippen LogP contribution in [0, 0.1) is 0 Å². The largest absolute Gasteiger partial charge is 0.346 e. The monoisotopic (exact) mass is 247 g/mol. The number of hydrogen-bond acceptors (Lipinski definition) is 3. The molecule has 5 nitrogen and oxygen atoms in total. The van der Waals surface area contributed by atoms with E-state index in [1.165, 1.54) is 5.56 Å². The Morgan fingerprint density at radius 2 is 2.22 bits per heavy atom. The molecule has 1 unspecified atom stereocenters. The van der Waals surface area contributed by atoms with Gasteiger partial charge in [0.25, 0.3) is 0 Å². The first-order chi connectivity index (χ1) is 8.74. The van der Waals surface area contributed by atoms with Gasteiger partial charge in [0.2, 0.25) is 0 Å². The lowest BCUT2D eigenvalue weighted by atomic mass is 10.1. The van der Waals surface area contributed by atoms with Crippen LogP contribution in [0.1, 0.15) is 37.7 Å². The molecule has 2 rings (SSSR count). The molecule has 2 heterocycles. The van der Waals surface area contributed by atoms with Gasteiger partial charge < -0.3 is 14.5 Å². The minimum atomic E-state index is 0.441. The van der Waals surface area contributed by atoms with Crippen LogP contribution in [0.15, 0.2) is 24.8 Å². The van der Waals surface area contributed by atoms with Crippen LogP contribution >= 0.6 is 0 Å². The predicted octanol–water partition coefficient (Wildman–Crippen LogP) is 1.73. The van der Waals surface area contributed by atoms with Crippen LogP contribution in [0.5, 0.6) is 0 Å². The fourth-order valence-corrected chi connectivity index (χ4v) is 2.12. The second-order valence-electron chi connectivity index (χ2n) is 4.49. The third-order valence-corrected chi connectivity index (χ3v) is 3.16. The molecule has 98 valence electrons. The van der Waals surface area contributed by atoms with Gasteiger partial charge in [-0.05, 0) is 24.6 Å². The normalized spacial score (nSPS) is 12.8. The van der Waals surface area contributed by atoms with Crippen LogP contribution < -0.4 is 5.32 Å². The van der Waals surface area contributed by atoms with E-state index in [-0.39, 0.29) is 0 Å². The lowest BCUT2D eigenvalue weighted by molar-refractivity contribution is 0.536. The molecule has 0 fully saturated rings. The van der Waals surface area contributed by atoms with Gasteiger partial charge in [0.15, 0.2) is 5.82 Å². The Balaban J connectivity index is 2.08. The molecule has 1 N–H and O–H groups in total. The Morgan fingerprint density at radius 1 is 1.39 bits per heavy atom. The molecule has 0 aliphatic rings. The highest BCUT2D eigenvalue weighted by Crippen LogP contribution is 2.17. The number of nitrogens with zero attached hydrogens (tertiary/aromatic N) is 4. The van der Waals surface area contributed by atoms with Crippen molar-refractivity contribution in [2.24, 2.45) is 7.05 Å². The summed E-state index contributed by atoms with van der Waals surface area (Å²) in [4.78, 5) is 0. The molecule has 0 amide bonds. The summed E-state index contributed by atoms with van der Waals surface area (Å²) in [6, 6.07) is 2.61. The number of hydrogen-bond donors (Lipinski definition) is 1. The average molecular weight is 247 g/mol. The molecule has 0 saturated carbocycles. The van der Waals surface area contributed by atoms with Crippen molar-refractivity contribution in [2.75, 3.05) is 6.54 Å². The summed E-state index contributed by atoms with van der Waals surface area (Å²) >= 11 is 0. The Hall–Kier alpha value is -1.62. The maximum absolute atomic E-state index is 4.10. The molecule has 0 saturated heterocycles. The second kappa shape index (κ2) is 5.82. The maximum Gasteiger partial charge on any atom is 0.152 e. The van der Waals surface area contributed by atoms with E-state index >= 15 is 0 Å². The minimum absolute atomic E-state index is 0.441. The van der Waals surface area contributed by atoms with Crippen molar-refractivity contribution in [1.29, 1.82) is 0 Å². The molecule has 2 aromatic heterocycles. The van der Waals surface area contributed by atoms with Gasteiger partial charge in [-0.3, -0.25) is 0 Å².